The van der Waals surface area contributed by atoms with Gasteiger partial charge in [-0.25, -0.2) is 9.50 Å². The Morgan fingerprint density at radius 3 is 2.85 bits per heavy atom. The van der Waals surface area contributed by atoms with Crippen molar-refractivity contribution in [2.75, 3.05) is 11.4 Å². The molecule has 4 rings (SSSR count). The molecule has 10 heteroatoms. The lowest BCUT2D eigenvalue weighted by molar-refractivity contribution is -0.384. The molecular formula is C17H16N6O3S. The molecule has 0 saturated carbocycles. The lowest BCUT2D eigenvalue weighted by atomic mass is 10.2. The number of nitro groups is 1. The molecular weight excluding hydrogens is 368 g/mol. The topological polar surface area (TPSA) is 107 Å². The molecule has 0 bridgehead atoms. The molecule has 1 aromatic carbocycles. The van der Waals surface area contributed by atoms with Gasteiger partial charge in [0.1, 0.15) is 0 Å². The average Bonchev–Trinajstić information content (AvgIpc) is 3.19. The number of carbonyl (C=O) groups excluding carboxylic acids is 1. The standard InChI is InChI=1S/C17H16N6O3S/c1-10-8-11(2)22-16(18-10)19-17(20-22)27-14-6-7-21(15(14)24)12-4-3-5-13(9-12)23(25)26/h3-5,8-9,14H,6-7H2,1-2H3. The van der Waals surface area contributed by atoms with E-state index in [1.807, 2.05) is 19.9 Å². The number of benzene rings is 1. The normalized spacial score (nSPS) is 17.0. The molecule has 138 valence electrons. The first-order valence-electron chi connectivity index (χ1n) is 8.36. The first kappa shape index (κ1) is 17.4. The van der Waals surface area contributed by atoms with Gasteiger partial charge in [0.2, 0.25) is 11.1 Å². The maximum Gasteiger partial charge on any atom is 0.271 e. The molecule has 9 nitrogen and oxygen atoms in total. The van der Waals surface area contributed by atoms with Crippen molar-refractivity contribution < 1.29 is 9.72 Å². The van der Waals surface area contributed by atoms with Crippen molar-refractivity contribution in [3.8, 4) is 0 Å². The number of hydrogen-bond acceptors (Lipinski definition) is 7. The fraction of sp³-hybridized carbons (Fsp3) is 0.294. The molecule has 2 aromatic heterocycles. The van der Waals surface area contributed by atoms with Crippen molar-refractivity contribution in [1.82, 2.24) is 19.6 Å². The zero-order valence-corrected chi connectivity index (χ0v) is 15.5. The van der Waals surface area contributed by atoms with Gasteiger partial charge in [-0.1, -0.05) is 17.8 Å². The van der Waals surface area contributed by atoms with Crippen molar-refractivity contribution in [3.05, 3.63) is 51.8 Å². The van der Waals surface area contributed by atoms with Crippen molar-refractivity contribution in [2.24, 2.45) is 0 Å². The van der Waals surface area contributed by atoms with E-state index in [4.69, 9.17) is 0 Å². The monoisotopic (exact) mass is 384 g/mol. The number of carbonyl (C=O) groups is 1. The van der Waals surface area contributed by atoms with Gasteiger partial charge in [0.05, 0.1) is 15.9 Å². The predicted molar refractivity (Wildman–Crippen MR) is 100.0 cm³/mol. The summed E-state index contributed by atoms with van der Waals surface area (Å²) in [5.74, 6) is 0.413. The number of aryl methyl sites for hydroxylation is 2. The number of rotatable bonds is 4. The summed E-state index contributed by atoms with van der Waals surface area (Å²) in [6, 6.07) is 8.04. The number of thioether (sulfide) groups is 1. The average molecular weight is 384 g/mol. The molecule has 1 fully saturated rings. The van der Waals surface area contributed by atoms with E-state index in [0.717, 1.165) is 11.4 Å². The maximum atomic E-state index is 12.8. The highest BCUT2D eigenvalue weighted by Gasteiger charge is 2.34. The Morgan fingerprint density at radius 2 is 2.07 bits per heavy atom. The van der Waals surface area contributed by atoms with E-state index in [0.29, 0.717) is 29.6 Å². The molecule has 0 aliphatic carbocycles. The minimum atomic E-state index is -0.464. The zero-order valence-electron chi connectivity index (χ0n) is 14.7. The SMILES string of the molecule is Cc1cc(C)n2nc(SC3CCN(c4cccc([N+](=O)[O-])c4)C3=O)nc2n1. The maximum absolute atomic E-state index is 12.8. The number of non-ortho nitro benzene ring substituents is 1. The third kappa shape index (κ3) is 3.23. The van der Waals surface area contributed by atoms with Crippen molar-refractivity contribution in [1.29, 1.82) is 0 Å². The second-order valence-corrected chi connectivity index (χ2v) is 7.48. The number of fused-ring (bicyclic) bond motifs is 1. The van der Waals surface area contributed by atoms with E-state index in [1.54, 1.807) is 21.5 Å². The molecule has 1 saturated heterocycles. The van der Waals surface area contributed by atoms with Gasteiger partial charge in [0, 0.05) is 30.1 Å². The minimum Gasteiger partial charge on any atom is -0.311 e. The van der Waals surface area contributed by atoms with Gasteiger partial charge < -0.3 is 4.90 Å². The smallest absolute Gasteiger partial charge is 0.271 e. The molecule has 1 atom stereocenters. The number of aromatic nitrogens is 4. The van der Waals surface area contributed by atoms with Crippen LogP contribution in [0.1, 0.15) is 17.8 Å². The van der Waals surface area contributed by atoms with E-state index < -0.39 is 4.92 Å². The highest BCUT2D eigenvalue weighted by atomic mass is 32.2. The summed E-state index contributed by atoms with van der Waals surface area (Å²) < 4.78 is 1.66. The van der Waals surface area contributed by atoms with Crippen molar-refractivity contribution in [2.45, 2.75) is 30.7 Å². The summed E-state index contributed by atoms with van der Waals surface area (Å²) in [5, 5.41) is 15.6. The number of nitro benzene ring substituents is 1. The summed E-state index contributed by atoms with van der Waals surface area (Å²) in [6.45, 7) is 4.32. The Morgan fingerprint density at radius 1 is 1.26 bits per heavy atom. The molecule has 1 unspecified atom stereocenters. The van der Waals surface area contributed by atoms with Gasteiger partial charge in [0.15, 0.2) is 0 Å². The van der Waals surface area contributed by atoms with Crippen LogP contribution in [0.2, 0.25) is 0 Å². The largest absolute Gasteiger partial charge is 0.311 e. The van der Waals surface area contributed by atoms with Crippen LogP contribution >= 0.6 is 11.8 Å². The summed E-state index contributed by atoms with van der Waals surface area (Å²) in [6.07, 6.45) is 0.618. The Labute approximate surface area is 158 Å². The van der Waals surface area contributed by atoms with E-state index >= 15 is 0 Å². The second kappa shape index (κ2) is 6.62. The van der Waals surface area contributed by atoms with Crippen LogP contribution in [0.4, 0.5) is 11.4 Å². The van der Waals surface area contributed by atoms with E-state index in [9.17, 15) is 14.9 Å². The first-order chi connectivity index (χ1) is 12.9. The Balaban J connectivity index is 1.55. The fourth-order valence-electron chi connectivity index (χ4n) is 3.12. The van der Waals surface area contributed by atoms with Crippen LogP contribution in [0.25, 0.3) is 5.78 Å². The van der Waals surface area contributed by atoms with Crippen LogP contribution < -0.4 is 4.90 Å². The number of nitrogens with zero attached hydrogens (tertiary/aromatic N) is 6. The Kier molecular flexibility index (Phi) is 4.27. The lowest BCUT2D eigenvalue weighted by Crippen LogP contribution is -2.28. The third-order valence-electron chi connectivity index (χ3n) is 4.36. The quantitative estimate of drug-likeness (QED) is 0.502. The summed E-state index contributed by atoms with van der Waals surface area (Å²) >= 11 is 1.30. The van der Waals surface area contributed by atoms with E-state index in [1.165, 1.54) is 23.9 Å². The summed E-state index contributed by atoms with van der Waals surface area (Å²) in [5.41, 5.74) is 2.29. The molecule has 27 heavy (non-hydrogen) atoms. The van der Waals surface area contributed by atoms with Crippen molar-refractivity contribution >= 4 is 34.8 Å². The molecule has 0 radical (unpaired) electrons. The third-order valence-corrected chi connectivity index (χ3v) is 5.46. The van der Waals surface area contributed by atoms with Crippen molar-refractivity contribution in [3.63, 3.8) is 0 Å². The fourth-order valence-corrected chi connectivity index (χ4v) is 4.09. The number of anilines is 1. The molecule has 1 aliphatic heterocycles. The Hall–Kier alpha value is -3.01. The number of hydrogen-bond donors (Lipinski definition) is 0. The number of amides is 1. The molecule has 1 aliphatic rings. The van der Waals surface area contributed by atoms with Crippen LogP contribution in [0.15, 0.2) is 35.5 Å². The molecule has 3 aromatic rings. The molecule has 0 spiro atoms. The van der Waals surface area contributed by atoms with Crippen LogP contribution in [0, 0.1) is 24.0 Å². The van der Waals surface area contributed by atoms with Crippen LogP contribution in [0.5, 0.6) is 0 Å². The van der Waals surface area contributed by atoms with Gasteiger partial charge in [-0.05, 0) is 32.4 Å². The molecule has 3 heterocycles. The van der Waals surface area contributed by atoms with Crippen LogP contribution in [-0.2, 0) is 4.79 Å². The molecule has 1 amide bonds. The lowest BCUT2D eigenvalue weighted by Gasteiger charge is -2.16. The second-order valence-electron chi connectivity index (χ2n) is 6.31. The summed E-state index contributed by atoms with van der Waals surface area (Å²) in [4.78, 5) is 33.6. The van der Waals surface area contributed by atoms with Gasteiger partial charge in [-0.3, -0.25) is 14.9 Å². The highest BCUT2D eigenvalue weighted by molar-refractivity contribution is 8.00. The van der Waals surface area contributed by atoms with Gasteiger partial charge in [0.25, 0.3) is 11.5 Å². The van der Waals surface area contributed by atoms with Gasteiger partial charge in [-0.15, -0.1) is 5.10 Å². The zero-order chi connectivity index (χ0) is 19.1. The van der Waals surface area contributed by atoms with Gasteiger partial charge >= 0.3 is 0 Å². The Bertz CT molecular complexity index is 1070. The molecule has 0 N–H and O–H groups in total. The van der Waals surface area contributed by atoms with E-state index in [-0.39, 0.29) is 16.8 Å². The summed E-state index contributed by atoms with van der Waals surface area (Å²) in [7, 11) is 0. The van der Waals surface area contributed by atoms with Crippen LogP contribution in [-0.4, -0.2) is 42.2 Å². The highest BCUT2D eigenvalue weighted by Crippen LogP contribution is 2.33. The first-order valence-corrected chi connectivity index (χ1v) is 9.24. The van der Waals surface area contributed by atoms with E-state index in [2.05, 4.69) is 15.1 Å². The van der Waals surface area contributed by atoms with Gasteiger partial charge in [-0.2, -0.15) is 4.98 Å². The predicted octanol–water partition coefficient (Wildman–Crippen LogP) is 2.55. The minimum absolute atomic E-state index is 0.0321. The van der Waals surface area contributed by atoms with Crippen LogP contribution in [0.3, 0.4) is 0 Å².